The second-order valence-electron chi connectivity index (χ2n) is 7.80. The molecule has 5 nitrogen and oxygen atoms in total. The van der Waals surface area contributed by atoms with Gasteiger partial charge >= 0.3 is 0 Å². The third-order valence-corrected chi connectivity index (χ3v) is 6.06. The molecule has 0 atom stereocenters. The Bertz CT molecular complexity index is 1180. The van der Waals surface area contributed by atoms with Crippen LogP contribution in [0.25, 0.3) is 10.9 Å². The molecule has 0 aliphatic carbocycles. The monoisotopic (exact) mass is 418 g/mol. The summed E-state index contributed by atoms with van der Waals surface area (Å²) >= 11 is 1.58. The highest BCUT2D eigenvalue weighted by Gasteiger charge is 2.13. The van der Waals surface area contributed by atoms with Gasteiger partial charge in [0.05, 0.1) is 16.7 Å². The lowest BCUT2D eigenvalue weighted by Gasteiger charge is -2.14. The molecule has 0 aliphatic heterocycles. The van der Waals surface area contributed by atoms with E-state index in [0.717, 1.165) is 29.5 Å². The zero-order valence-electron chi connectivity index (χ0n) is 17.4. The summed E-state index contributed by atoms with van der Waals surface area (Å²) in [6.45, 7) is 5.80. The van der Waals surface area contributed by atoms with E-state index in [4.69, 9.17) is 4.98 Å². The highest BCUT2D eigenvalue weighted by Crippen LogP contribution is 2.23. The van der Waals surface area contributed by atoms with Gasteiger partial charge < -0.3 is 4.57 Å². The number of hydrogen-bond donors (Lipinski definition) is 0. The van der Waals surface area contributed by atoms with Crippen molar-refractivity contribution in [1.82, 2.24) is 19.1 Å². The van der Waals surface area contributed by atoms with Crippen molar-refractivity contribution < 1.29 is 0 Å². The fraction of sp³-hybridized carbons (Fsp3) is 0.292. The molecule has 0 radical (unpaired) electrons. The van der Waals surface area contributed by atoms with Gasteiger partial charge in [0.25, 0.3) is 5.56 Å². The first-order valence-electron chi connectivity index (χ1n) is 10.3. The molecular weight excluding hydrogens is 392 g/mol. The summed E-state index contributed by atoms with van der Waals surface area (Å²) < 4.78 is 3.98. The van der Waals surface area contributed by atoms with Crippen LogP contribution in [0.5, 0.6) is 0 Å². The number of imidazole rings is 1. The molecular formula is C24H26N4OS. The van der Waals surface area contributed by atoms with Crippen molar-refractivity contribution >= 4 is 22.7 Å². The van der Waals surface area contributed by atoms with E-state index in [1.165, 1.54) is 5.56 Å². The first-order chi connectivity index (χ1) is 14.6. The quantitative estimate of drug-likeness (QED) is 0.299. The van der Waals surface area contributed by atoms with Crippen molar-refractivity contribution in [3.8, 4) is 0 Å². The molecule has 0 N–H and O–H groups in total. The molecule has 0 aliphatic rings. The molecule has 30 heavy (non-hydrogen) atoms. The van der Waals surface area contributed by atoms with E-state index in [9.17, 15) is 4.79 Å². The highest BCUT2D eigenvalue weighted by molar-refractivity contribution is 7.98. The van der Waals surface area contributed by atoms with Gasteiger partial charge in [0.2, 0.25) is 0 Å². The largest absolute Gasteiger partial charge is 0.330 e. The minimum absolute atomic E-state index is 0.0383. The summed E-state index contributed by atoms with van der Waals surface area (Å²) in [4.78, 5) is 22.5. The van der Waals surface area contributed by atoms with Crippen LogP contribution in [-0.2, 0) is 18.8 Å². The summed E-state index contributed by atoms with van der Waals surface area (Å²) in [5.74, 6) is 2.15. The Hall–Kier alpha value is -2.86. The second kappa shape index (κ2) is 9.30. The Morgan fingerprint density at radius 2 is 1.80 bits per heavy atom. The maximum Gasteiger partial charge on any atom is 0.262 e. The van der Waals surface area contributed by atoms with Crippen molar-refractivity contribution in [2.75, 3.05) is 0 Å². The van der Waals surface area contributed by atoms with Crippen LogP contribution < -0.4 is 5.56 Å². The number of nitrogens with zero attached hydrogens (tertiary/aromatic N) is 4. The SMILES string of the molecule is CC(C)CCn1c(SCc2nccn2Cc2ccccc2)nc2ccccc2c1=O. The number of thioether (sulfide) groups is 1. The summed E-state index contributed by atoms with van der Waals surface area (Å²) in [5.41, 5.74) is 2.02. The average Bonchev–Trinajstić information content (AvgIpc) is 3.19. The lowest BCUT2D eigenvalue weighted by molar-refractivity contribution is 0.481. The predicted octanol–water partition coefficient (Wildman–Crippen LogP) is 4.98. The molecule has 2 aromatic carbocycles. The minimum Gasteiger partial charge on any atom is -0.330 e. The van der Waals surface area contributed by atoms with Crippen LogP contribution in [0.4, 0.5) is 0 Å². The van der Waals surface area contributed by atoms with Crippen molar-refractivity contribution in [2.24, 2.45) is 5.92 Å². The van der Waals surface area contributed by atoms with Gasteiger partial charge in [0.1, 0.15) is 5.82 Å². The van der Waals surface area contributed by atoms with E-state index in [2.05, 4.69) is 35.5 Å². The Morgan fingerprint density at radius 3 is 2.60 bits per heavy atom. The van der Waals surface area contributed by atoms with E-state index in [1.807, 2.05) is 59.4 Å². The fourth-order valence-electron chi connectivity index (χ4n) is 3.38. The first kappa shape index (κ1) is 20.4. The summed E-state index contributed by atoms with van der Waals surface area (Å²) in [5, 5.41) is 1.43. The van der Waals surface area contributed by atoms with Crippen LogP contribution in [0.1, 0.15) is 31.7 Å². The molecule has 0 saturated heterocycles. The van der Waals surface area contributed by atoms with Gasteiger partial charge in [-0.25, -0.2) is 9.97 Å². The normalized spacial score (nSPS) is 11.4. The van der Waals surface area contributed by atoms with Crippen LogP contribution in [0.15, 0.2) is 76.9 Å². The van der Waals surface area contributed by atoms with E-state index >= 15 is 0 Å². The first-order valence-corrected chi connectivity index (χ1v) is 11.3. The van der Waals surface area contributed by atoms with Gasteiger partial charge in [-0.2, -0.15) is 0 Å². The Balaban J connectivity index is 1.60. The summed E-state index contributed by atoms with van der Waals surface area (Å²) in [7, 11) is 0. The third kappa shape index (κ3) is 4.65. The summed E-state index contributed by atoms with van der Waals surface area (Å²) in [6, 6.07) is 17.9. The van der Waals surface area contributed by atoms with Crippen molar-refractivity contribution in [3.05, 3.63) is 88.7 Å². The molecule has 0 saturated carbocycles. The molecule has 0 fully saturated rings. The molecule has 6 heteroatoms. The standard InChI is InChI=1S/C24H26N4OS/c1-18(2)12-14-28-23(29)20-10-6-7-11-21(20)26-24(28)30-17-22-25-13-15-27(22)16-19-8-4-3-5-9-19/h3-11,13,15,18H,12,14,16-17H2,1-2H3. The highest BCUT2D eigenvalue weighted by atomic mass is 32.2. The average molecular weight is 419 g/mol. The molecule has 4 rings (SSSR count). The van der Waals surface area contributed by atoms with Gasteiger partial charge in [-0.05, 0) is 30.0 Å². The molecule has 0 amide bonds. The number of rotatable bonds is 8. The van der Waals surface area contributed by atoms with Gasteiger partial charge in [-0.1, -0.05) is 68.1 Å². The molecule has 4 aromatic rings. The van der Waals surface area contributed by atoms with E-state index < -0.39 is 0 Å². The number of para-hydroxylation sites is 1. The van der Waals surface area contributed by atoms with E-state index in [1.54, 1.807) is 11.8 Å². The molecule has 0 unspecified atom stereocenters. The van der Waals surface area contributed by atoms with Gasteiger partial charge in [0.15, 0.2) is 5.16 Å². The number of hydrogen-bond acceptors (Lipinski definition) is 4. The summed E-state index contributed by atoms with van der Waals surface area (Å²) in [6.07, 6.45) is 4.77. The minimum atomic E-state index is 0.0383. The number of aromatic nitrogens is 4. The predicted molar refractivity (Wildman–Crippen MR) is 123 cm³/mol. The Kier molecular flexibility index (Phi) is 6.33. The Labute approximate surface area is 180 Å². The molecule has 2 heterocycles. The Morgan fingerprint density at radius 1 is 1.03 bits per heavy atom. The van der Waals surface area contributed by atoms with Crippen LogP contribution in [0.2, 0.25) is 0 Å². The maximum atomic E-state index is 13.1. The zero-order valence-corrected chi connectivity index (χ0v) is 18.2. The van der Waals surface area contributed by atoms with Crippen LogP contribution >= 0.6 is 11.8 Å². The van der Waals surface area contributed by atoms with Gasteiger partial charge in [-0.3, -0.25) is 9.36 Å². The molecule has 0 bridgehead atoms. The lowest BCUT2D eigenvalue weighted by atomic mass is 10.1. The maximum absolute atomic E-state index is 13.1. The van der Waals surface area contributed by atoms with E-state index in [-0.39, 0.29) is 5.56 Å². The van der Waals surface area contributed by atoms with Crippen molar-refractivity contribution in [1.29, 1.82) is 0 Å². The van der Waals surface area contributed by atoms with Gasteiger partial charge in [0, 0.05) is 25.5 Å². The number of benzene rings is 2. The lowest BCUT2D eigenvalue weighted by Crippen LogP contribution is -2.24. The topological polar surface area (TPSA) is 52.7 Å². The van der Waals surface area contributed by atoms with Crippen LogP contribution in [0.3, 0.4) is 0 Å². The van der Waals surface area contributed by atoms with Gasteiger partial charge in [-0.15, -0.1) is 0 Å². The second-order valence-corrected chi connectivity index (χ2v) is 8.74. The third-order valence-electron chi connectivity index (χ3n) is 5.08. The molecule has 154 valence electrons. The zero-order chi connectivity index (χ0) is 20.9. The molecule has 2 aromatic heterocycles. The fourth-order valence-corrected chi connectivity index (χ4v) is 4.37. The van der Waals surface area contributed by atoms with E-state index in [0.29, 0.717) is 23.6 Å². The van der Waals surface area contributed by atoms with Crippen molar-refractivity contribution in [3.63, 3.8) is 0 Å². The van der Waals surface area contributed by atoms with Crippen LogP contribution in [-0.4, -0.2) is 19.1 Å². The molecule has 0 spiro atoms. The smallest absolute Gasteiger partial charge is 0.262 e. The van der Waals surface area contributed by atoms with Crippen LogP contribution in [0, 0.1) is 5.92 Å². The number of fused-ring (bicyclic) bond motifs is 1. The van der Waals surface area contributed by atoms with Crippen molar-refractivity contribution in [2.45, 2.75) is 44.3 Å².